The molecule has 3 heteroatoms. The molecule has 0 amide bonds. The molecular weight excluding hydrogens is 276 g/mol. The molecule has 2 aromatic carbocycles. The molecule has 0 spiro atoms. The summed E-state index contributed by atoms with van der Waals surface area (Å²) in [6, 6.07) is 17.6. The molecule has 0 radical (unpaired) electrons. The number of rotatable bonds is 4. The zero-order valence-corrected chi connectivity index (χ0v) is 12.7. The van der Waals surface area contributed by atoms with Crippen molar-refractivity contribution in [2.45, 2.75) is 32.0 Å². The average Bonchev–Trinajstić information content (AvgIpc) is 2.99. The van der Waals surface area contributed by atoms with Crippen LogP contribution >= 0.6 is 0 Å². The van der Waals surface area contributed by atoms with E-state index in [4.69, 9.17) is 9.47 Å². The van der Waals surface area contributed by atoms with Gasteiger partial charge >= 0.3 is 5.97 Å². The monoisotopic (exact) mass is 296 g/mol. The summed E-state index contributed by atoms with van der Waals surface area (Å²) in [6.45, 7) is 2.38. The summed E-state index contributed by atoms with van der Waals surface area (Å²) in [7, 11) is 0. The van der Waals surface area contributed by atoms with Gasteiger partial charge in [-0.25, -0.2) is 4.79 Å². The Bertz CT molecular complexity index is 619. The number of carbonyl (C=O) groups is 1. The van der Waals surface area contributed by atoms with Gasteiger partial charge in [-0.3, -0.25) is 0 Å². The molecule has 2 atom stereocenters. The van der Waals surface area contributed by atoms with Crippen LogP contribution in [0.1, 0.15) is 30.1 Å². The van der Waals surface area contributed by atoms with Gasteiger partial charge in [0, 0.05) is 0 Å². The highest BCUT2D eigenvalue weighted by Gasteiger charge is 2.23. The van der Waals surface area contributed by atoms with Crippen LogP contribution in [0.15, 0.2) is 54.6 Å². The summed E-state index contributed by atoms with van der Waals surface area (Å²) in [5, 5.41) is 0. The topological polar surface area (TPSA) is 35.5 Å². The first-order chi connectivity index (χ1) is 10.7. The van der Waals surface area contributed by atoms with Crippen molar-refractivity contribution < 1.29 is 14.3 Å². The molecule has 1 aliphatic heterocycles. The van der Waals surface area contributed by atoms with Gasteiger partial charge in [0.1, 0.15) is 6.61 Å². The Hall–Kier alpha value is -2.13. The Morgan fingerprint density at radius 3 is 2.36 bits per heavy atom. The van der Waals surface area contributed by atoms with Crippen LogP contribution in [0, 0.1) is 0 Å². The van der Waals surface area contributed by atoms with Gasteiger partial charge in [-0.15, -0.1) is 0 Å². The van der Waals surface area contributed by atoms with Crippen molar-refractivity contribution in [3.8, 4) is 11.1 Å². The summed E-state index contributed by atoms with van der Waals surface area (Å²) >= 11 is 0. The molecule has 0 bridgehead atoms. The van der Waals surface area contributed by atoms with E-state index in [0.29, 0.717) is 12.2 Å². The maximum absolute atomic E-state index is 12.1. The fourth-order valence-electron chi connectivity index (χ4n) is 2.69. The molecule has 1 aliphatic rings. The van der Waals surface area contributed by atoms with Crippen LogP contribution in [0.5, 0.6) is 0 Å². The summed E-state index contributed by atoms with van der Waals surface area (Å²) in [4.78, 5) is 12.1. The third-order valence-corrected chi connectivity index (χ3v) is 3.95. The lowest BCUT2D eigenvalue weighted by Gasteiger charge is -2.11. The summed E-state index contributed by atoms with van der Waals surface area (Å²) in [6.07, 6.45) is 2.31. The maximum Gasteiger partial charge on any atom is 0.338 e. The van der Waals surface area contributed by atoms with E-state index in [1.54, 1.807) is 0 Å². The molecule has 1 heterocycles. The first kappa shape index (κ1) is 14.8. The van der Waals surface area contributed by atoms with E-state index >= 15 is 0 Å². The van der Waals surface area contributed by atoms with Crippen LogP contribution < -0.4 is 0 Å². The van der Waals surface area contributed by atoms with E-state index in [1.807, 2.05) is 61.5 Å². The second-order valence-corrected chi connectivity index (χ2v) is 5.69. The molecule has 0 aliphatic carbocycles. The average molecular weight is 296 g/mol. The molecule has 0 aromatic heterocycles. The van der Waals surface area contributed by atoms with Gasteiger partial charge in [-0.1, -0.05) is 42.5 Å². The highest BCUT2D eigenvalue weighted by atomic mass is 16.6. The van der Waals surface area contributed by atoms with Gasteiger partial charge in [0.2, 0.25) is 0 Å². The summed E-state index contributed by atoms with van der Waals surface area (Å²) in [5.41, 5.74) is 2.80. The lowest BCUT2D eigenvalue weighted by Crippen LogP contribution is -2.19. The lowest BCUT2D eigenvalue weighted by atomic mass is 10.0. The first-order valence-electron chi connectivity index (χ1n) is 7.70. The molecule has 2 aromatic rings. The highest BCUT2D eigenvalue weighted by molar-refractivity contribution is 5.90. The quantitative estimate of drug-likeness (QED) is 0.798. The molecule has 3 nitrogen and oxygen atoms in total. The predicted molar refractivity (Wildman–Crippen MR) is 85.7 cm³/mol. The fourth-order valence-corrected chi connectivity index (χ4v) is 2.69. The largest absolute Gasteiger partial charge is 0.459 e. The van der Waals surface area contributed by atoms with Gasteiger partial charge in [0.15, 0.2) is 0 Å². The summed E-state index contributed by atoms with van der Waals surface area (Å²) in [5.74, 6) is -0.289. The second-order valence-electron chi connectivity index (χ2n) is 5.69. The third-order valence-electron chi connectivity index (χ3n) is 3.95. The van der Waals surface area contributed by atoms with Gasteiger partial charge in [-0.2, -0.15) is 0 Å². The molecule has 3 rings (SSSR count). The standard InChI is InChI=1S/C19H20O3/c1-14-7-12-18(22-14)13-21-19(20)17-10-8-16(9-11-17)15-5-3-2-4-6-15/h2-6,8-11,14,18H,7,12-13H2,1H3/t14?,18-/m0/s1. The Morgan fingerprint density at radius 2 is 1.73 bits per heavy atom. The SMILES string of the molecule is CC1CC[C@@H](COC(=O)c2ccc(-c3ccccc3)cc2)O1. The summed E-state index contributed by atoms with van der Waals surface area (Å²) < 4.78 is 11.0. The zero-order valence-electron chi connectivity index (χ0n) is 12.7. The normalized spacial score (nSPS) is 20.8. The Morgan fingerprint density at radius 1 is 1.05 bits per heavy atom. The van der Waals surface area contributed by atoms with Crippen LogP contribution in [0.2, 0.25) is 0 Å². The highest BCUT2D eigenvalue weighted by Crippen LogP contribution is 2.21. The van der Waals surface area contributed by atoms with E-state index in [0.717, 1.165) is 24.0 Å². The van der Waals surface area contributed by atoms with E-state index < -0.39 is 0 Å². The molecule has 114 valence electrons. The lowest BCUT2D eigenvalue weighted by molar-refractivity contribution is -0.00265. The minimum absolute atomic E-state index is 0.0440. The van der Waals surface area contributed by atoms with Gasteiger partial charge < -0.3 is 9.47 Å². The maximum atomic E-state index is 12.1. The predicted octanol–water partition coefficient (Wildman–Crippen LogP) is 4.08. The smallest absolute Gasteiger partial charge is 0.338 e. The molecule has 0 saturated carbocycles. The van der Waals surface area contributed by atoms with E-state index in [9.17, 15) is 4.79 Å². The van der Waals surface area contributed by atoms with Crippen molar-refractivity contribution in [3.05, 3.63) is 60.2 Å². The van der Waals surface area contributed by atoms with Crippen molar-refractivity contribution in [3.63, 3.8) is 0 Å². The van der Waals surface area contributed by atoms with Crippen LogP contribution in [0.3, 0.4) is 0 Å². The van der Waals surface area contributed by atoms with Gasteiger partial charge in [-0.05, 0) is 43.0 Å². The molecule has 1 fully saturated rings. The van der Waals surface area contributed by atoms with E-state index in [-0.39, 0.29) is 18.2 Å². The minimum Gasteiger partial charge on any atom is -0.459 e. The molecular formula is C19H20O3. The zero-order chi connectivity index (χ0) is 15.4. The van der Waals surface area contributed by atoms with Crippen molar-refractivity contribution >= 4 is 5.97 Å². The number of benzene rings is 2. The molecule has 1 saturated heterocycles. The molecule has 0 N–H and O–H groups in total. The third kappa shape index (κ3) is 3.55. The number of hydrogen-bond acceptors (Lipinski definition) is 3. The Labute approximate surface area is 130 Å². The number of carbonyl (C=O) groups excluding carboxylic acids is 1. The van der Waals surface area contributed by atoms with Crippen LogP contribution in [0.25, 0.3) is 11.1 Å². The van der Waals surface area contributed by atoms with E-state index in [1.165, 1.54) is 0 Å². The number of hydrogen-bond donors (Lipinski definition) is 0. The van der Waals surface area contributed by atoms with Crippen molar-refractivity contribution in [2.24, 2.45) is 0 Å². The minimum atomic E-state index is -0.289. The van der Waals surface area contributed by atoms with Crippen LogP contribution in [-0.4, -0.2) is 24.8 Å². The van der Waals surface area contributed by atoms with Crippen LogP contribution in [0.4, 0.5) is 0 Å². The van der Waals surface area contributed by atoms with E-state index in [2.05, 4.69) is 0 Å². The molecule has 1 unspecified atom stereocenters. The Balaban J connectivity index is 1.59. The molecule has 22 heavy (non-hydrogen) atoms. The van der Waals surface area contributed by atoms with Crippen molar-refractivity contribution in [1.82, 2.24) is 0 Å². The van der Waals surface area contributed by atoms with Crippen LogP contribution in [-0.2, 0) is 9.47 Å². The van der Waals surface area contributed by atoms with Crippen molar-refractivity contribution in [1.29, 1.82) is 0 Å². The second kappa shape index (κ2) is 6.75. The first-order valence-corrected chi connectivity index (χ1v) is 7.70. The number of ether oxygens (including phenoxy) is 2. The van der Waals surface area contributed by atoms with Gasteiger partial charge in [0.05, 0.1) is 17.8 Å². The Kier molecular flexibility index (Phi) is 4.54. The number of esters is 1. The van der Waals surface area contributed by atoms with Gasteiger partial charge in [0.25, 0.3) is 0 Å². The fraction of sp³-hybridized carbons (Fsp3) is 0.316. The van der Waals surface area contributed by atoms with Crippen molar-refractivity contribution in [2.75, 3.05) is 6.61 Å².